The number of unbranched alkanes of at least 4 members (excludes halogenated alkanes) is 4. The van der Waals surface area contributed by atoms with Crippen molar-refractivity contribution in [1.82, 2.24) is 4.98 Å². The maximum atomic E-state index is 11.9. The zero-order valence-corrected chi connectivity index (χ0v) is 14.4. The van der Waals surface area contributed by atoms with E-state index in [1.807, 2.05) is 12.1 Å². The van der Waals surface area contributed by atoms with Crippen LogP contribution in [0.1, 0.15) is 45.4 Å². The van der Waals surface area contributed by atoms with E-state index in [0.717, 1.165) is 23.7 Å². The molecule has 0 aliphatic heterocycles. The van der Waals surface area contributed by atoms with E-state index in [9.17, 15) is 4.79 Å². The van der Waals surface area contributed by atoms with Crippen LogP contribution in [0.5, 0.6) is 5.75 Å². The summed E-state index contributed by atoms with van der Waals surface area (Å²) in [6.07, 6.45) is 6.02. The number of aromatic amines is 1. The fourth-order valence-electron chi connectivity index (χ4n) is 2.25. The van der Waals surface area contributed by atoms with Gasteiger partial charge in [-0.1, -0.05) is 44.2 Å². The fourth-order valence-corrected chi connectivity index (χ4v) is 2.93. The number of hydrogen-bond donors (Lipinski definition) is 1. The molecule has 5 heteroatoms. The van der Waals surface area contributed by atoms with Crippen LogP contribution in [-0.2, 0) is 4.79 Å². The summed E-state index contributed by atoms with van der Waals surface area (Å²) < 4.78 is 6.15. The molecule has 1 N–H and O–H groups in total. The summed E-state index contributed by atoms with van der Waals surface area (Å²) in [6, 6.07) is 5.44. The largest absolute Gasteiger partial charge is 0.423 e. The number of benzene rings is 1. The zero-order valence-electron chi connectivity index (χ0n) is 12.0. The van der Waals surface area contributed by atoms with Gasteiger partial charge in [-0.05, 0) is 40.5 Å². The molecule has 0 atom stereocenters. The zero-order chi connectivity index (χ0) is 15.2. The minimum absolute atomic E-state index is 0.192. The first-order valence-electron chi connectivity index (χ1n) is 7.29. The quantitative estimate of drug-likeness (QED) is 0.489. The molecule has 0 saturated carbocycles. The fraction of sp³-hybridized carbons (Fsp3) is 0.438. The van der Waals surface area contributed by atoms with Crippen molar-refractivity contribution in [2.75, 3.05) is 0 Å². The molecular formula is C16H19BrClNO2. The maximum Gasteiger partial charge on any atom is 0.311 e. The lowest BCUT2D eigenvalue weighted by molar-refractivity contribution is -0.134. The Morgan fingerprint density at radius 2 is 2.05 bits per heavy atom. The Morgan fingerprint density at radius 3 is 2.81 bits per heavy atom. The molecule has 1 heterocycles. The van der Waals surface area contributed by atoms with Gasteiger partial charge in [-0.3, -0.25) is 4.79 Å². The average Bonchev–Trinajstić information content (AvgIpc) is 2.74. The number of carbonyl (C=O) groups is 1. The lowest BCUT2D eigenvalue weighted by Gasteiger charge is -2.04. The van der Waals surface area contributed by atoms with Crippen LogP contribution in [0.2, 0.25) is 5.02 Å². The van der Waals surface area contributed by atoms with Gasteiger partial charge in [0.2, 0.25) is 0 Å². The second kappa shape index (κ2) is 7.85. The lowest BCUT2D eigenvalue weighted by atomic mass is 10.1. The van der Waals surface area contributed by atoms with Crippen molar-refractivity contribution >= 4 is 44.4 Å². The van der Waals surface area contributed by atoms with Crippen molar-refractivity contribution in [2.24, 2.45) is 0 Å². The van der Waals surface area contributed by atoms with E-state index >= 15 is 0 Å². The monoisotopic (exact) mass is 371 g/mol. The molecule has 2 aromatic rings. The Balaban J connectivity index is 1.96. The standard InChI is InChI=1S/C16H19BrClNO2/c1-2-3-4-5-6-7-14(20)21-15-12-9-8-11(18)10-13(12)19-16(15)17/h8-10,19H,2-7H2,1H3. The molecule has 0 aliphatic rings. The molecule has 0 aliphatic carbocycles. The number of halogens is 2. The Kier molecular flexibility index (Phi) is 6.12. The third-order valence-electron chi connectivity index (χ3n) is 3.37. The van der Waals surface area contributed by atoms with Crippen LogP contribution in [0.25, 0.3) is 10.9 Å². The topological polar surface area (TPSA) is 42.1 Å². The highest BCUT2D eigenvalue weighted by atomic mass is 79.9. The van der Waals surface area contributed by atoms with Crippen LogP contribution in [-0.4, -0.2) is 11.0 Å². The maximum absolute atomic E-state index is 11.9. The first kappa shape index (κ1) is 16.4. The second-order valence-corrected chi connectivity index (χ2v) is 6.33. The number of H-pyrrole nitrogens is 1. The first-order chi connectivity index (χ1) is 10.1. The van der Waals surface area contributed by atoms with Crippen molar-refractivity contribution in [3.8, 4) is 5.75 Å². The SMILES string of the molecule is CCCCCCCC(=O)Oc1c(Br)[nH]c2cc(Cl)ccc12. The third-order valence-corrected chi connectivity index (χ3v) is 4.16. The number of carbonyl (C=O) groups excluding carboxylic acids is 1. The first-order valence-corrected chi connectivity index (χ1v) is 8.46. The van der Waals surface area contributed by atoms with Gasteiger partial charge in [-0.2, -0.15) is 0 Å². The number of esters is 1. The van der Waals surface area contributed by atoms with Crippen molar-refractivity contribution in [1.29, 1.82) is 0 Å². The number of nitrogens with one attached hydrogen (secondary N) is 1. The summed E-state index contributed by atoms with van der Waals surface area (Å²) >= 11 is 9.34. The van der Waals surface area contributed by atoms with Crippen molar-refractivity contribution in [2.45, 2.75) is 45.4 Å². The summed E-state index contributed by atoms with van der Waals surface area (Å²) in [4.78, 5) is 15.0. The third kappa shape index (κ3) is 4.48. The number of fused-ring (bicyclic) bond motifs is 1. The Labute approximate surface area is 138 Å². The molecule has 0 fully saturated rings. The van der Waals surface area contributed by atoms with Gasteiger partial charge in [-0.25, -0.2) is 0 Å². The molecule has 3 nitrogen and oxygen atoms in total. The molecular weight excluding hydrogens is 354 g/mol. The molecule has 21 heavy (non-hydrogen) atoms. The molecule has 1 aromatic heterocycles. The van der Waals surface area contributed by atoms with Crippen LogP contribution in [0, 0.1) is 0 Å². The minimum Gasteiger partial charge on any atom is -0.423 e. The molecule has 114 valence electrons. The van der Waals surface area contributed by atoms with E-state index in [1.165, 1.54) is 19.3 Å². The van der Waals surface area contributed by atoms with Crippen LogP contribution in [0.3, 0.4) is 0 Å². The molecule has 2 rings (SSSR count). The Hall–Kier alpha value is -1.00. The van der Waals surface area contributed by atoms with E-state index in [4.69, 9.17) is 16.3 Å². The molecule has 0 saturated heterocycles. The summed E-state index contributed by atoms with van der Waals surface area (Å²) in [6.45, 7) is 2.18. The summed E-state index contributed by atoms with van der Waals surface area (Å²) in [5.74, 6) is 0.350. The molecule has 0 spiro atoms. The summed E-state index contributed by atoms with van der Waals surface area (Å²) in [5, 5.41) is 1.50. The van der Waals surface area contributed by atoms with Crippen molar-refractivity contribution < 1.29 is 9.53 Å². The van der Waals surface area contributed by atoms with Gasteiger partial charge in [0.1, 0.15) is 4.60 Å². The minimum atomic E-state index is -0.192. The van der Waals surface area contributed by atoms with E-state index in [-0.39, 0.29) is 5.97 Å². The number of aromatic nitrogens is 1. The molecule has 1 aromatic carbocycles. The predicted octanol–water partition coefficient (Wildman–Crippen LogP) is 5.85. The molecule has 0 amide bonds. The average molecular weight is 373 g/mol. The van der Waals surface area contributed by atoms with E-state index in [2.05, 4.69) is 27.8 Å². The highest BCUT2D eigenvalue weighted by Gasteiger charge is 2.14. The van der Waals surface area contributed by atoms with Gasteiger partial charge in [0, 0.05) is 16.8 Å². The van der Waals surface area contributed by atoms with Crippen LogP contribution < -0.4 is 4.74 Å². The van der Waals surface area contributed by atoms with E-state index < -0.39 is 0 Å². The van der Waals surface area contributed by atoms with Crippen molar-refractivity contribution in [3.63, 3.8) is 0 Å². The molecule has 0 radical (unpaired) electrons. The van der Waals surface area contributed by atoms with Crippen LogP contribution >= 0.6 is 27.5 Å². The number of ether oxygens (including phenoxy) is 1. The van der Waals surface area contributed by atoms with Crippen molar-refractivity contribution in [3.05, 3.63) is 27.8 Å². The predicted molar refractivity (Wildman–Crippen MR) is 90.0 cm³/mol. The van der Waals surface area contributed by atoms with Gasteiger partial charge in [0.05, 0.1) is 5.52 Å². The smallest absolute Gasteiger partial charge is 0.311 e. The van der Waals surface area contributed by atoms with Gasteiger partial charge in [0.15, 0.2) is 5.75 Å². The van der Waals surface area contributed by atoms with Crippen LogP contribution in [0.15, 0.2) is 22.8 Å². The van der Waals surface area contributed by atoms with Gasteiger partial charge < -0.3 is 9.72 Å². The second-order valence-electron chi connectivity index (χ2n) is 5.10. The Bertz CT molecular complexity index is 624. The van der Waals surface area contributed by atoms with Crippen LogP contribution in [0.4, 0.5) is 0 Å². The summed E-state index contributed by atoms with van der Waals surface area (Å²) in [7, 11) is 0. The molecule has 0 bridgehead atoms. The van der Waals surface area contributed by atoms with Gasteiger partial charge in [0.25, 0.3) is 0 Å². The highest BCUT2D eigenvalue weighted by molar-refractivity contribution is 9.10. The van der Waals surface area contributed by atoms with Gasteiger partial charge in [-0.15, -0.1) is 0 Å². The molecule has 0 unspecified atom stereocenters. The lowest BCUT2D eigenvalue weighted by Crippen LogP contribution is -2.07. The number of hydrogen-bond acceptors (Lipinski definition) is 2. The van der Waals surface area contributed by atoms with E-state index in [0.29, 0.717) is 21.8 Å². The Morgan fingerprint density at radius 1 is 1.29 bits per heavy atom. The van der Waals surface area contributed by atoms with Gasteiger partial charge >= 0.3 is 5.97 Å². The summed E-state index contributed by atoms with van der Waals surface area (Å²) in [5.41, 5.74) is 0.847. The normalized spacial score (nSPS) is 11.0. The number of rotatable bonds is 7. The highest BCUT2D eigenvalue weighted by Crippen LogP contribution is 2.35. The van der Waals surface area contributed by atoms with E-state index in [1.54, 1.807) is 6.07 Å².